The Morgan fingerprint density at radius 1 is 1.18 bits per heavy atom. The summed E-state index contributed by atoms with van der Waals surface area (Å²) in [5.41, 5.74) is 2.57. The topological polar surface area (TPSA) is 80.2 Å². The first-order valence-corrected chi connectivity index (χ1v) is 13.2. The summed E-state index contributed by atoms with van der Waals surface area (Å²) in [7, 11) is 0. The quantitative estimate of drug-likeness (QED) is 0.632. The molecule has 1 aliphatic heterocycles. The number of hydrogen-bond donors (Lipinski definition) is 1. The van der Waals surface area contributed by atoms with Gasteiger partial charge in [-0.1, -0.05) is 6.07 Å². The van der Waals surface area contributed by atoms with Crippen molar-refractivity contribution >= 4 is 17.2 Å². The Hall–Kier alpha value is -2.06. The van der Waals surface area contributed by atoms with E-state index in [0.717, 1.165) is 67.1 Å². The molecule has 0 aromatic carbocycles. The van der Waals surface area contributed by atoms with E-state index in [0.29, 0.717) is 12.5 Å². The van der Waals surface area contributed by atoms with E-state index >= 15 is 0 Å². The summed E-state index contributed by atoms with van der Waals surface area (Å²) in [6.07, 6.45) is 8.39. The van der Waals surface area contributed by atoms with E-state index in [1.165, 1.54) is 41.9 Å². The van der Waals surface area contributed by atoms with Crippen LogP contribution in [0.5, 0.6) is 5.88 Å². The molecule has 4 rings (SSSR count). The van der Waals surface area contributed by atoms with Gasteiger partial charge in [0.2, 0.25) is 11.8 Å². The van der Waals surface area contributed by atoms with Crippen LogP contribution < -0.4 is 10.1 Å². The summed E-state index contributed by atoms with van der Waals surface area (Å²) in [5, 5.41) is 13.0. The minimum absolute atomic E-state index is 0.0781. The van der Waals surface area contributed by atoms with Gasteiger partial charge >= 0.3 is 0 Å². The van der Waals surface area contributed by atoms with Crippen molar-refractivity contribution in [2.45, 2.75) is 84.3 Å². The van der Waals surface area contributed by atoms with Gasteiger partial charge in [-0.25, -0.2) is 4.98 Å². The number of aromatic nitrogens is 3. The highest BCUT2D eigenvalue weighted by atomic mass is 32.1. The van der Waals surface area contributed by atoms with Gasteiger partial charge in [-0.15, -0.1) is 21.5 Å². The van der Waals surface area contributed by atoms with Gasteiger partial charge in [0.25, 0.3) is 0 Å². The molecule has 2 aliphatic rings. The van der Waals surface area contributed by atoms with Crippen LogP contribution in [0.1, 0.15) is 67.2 Å². The molecular weight excluding hydrogens is 434 g/mol. The normalized spacial score (nSPS) is 21.5. The Balaban J connectivity index is 1.16. The van der Waals surface area contributed by atoms with Crippen molar-refractivity contribution in [3.05, 3.63) is 33.4 Å². The van der Waals surface area contributed by atoms with E-state index < -0.39 is 0 Å². The lowest BCUT2D eigenvalue weighted by Gasteiger charge is -2.30. The van der Waals surface area contributed by atoms with E-state index in [4.69, 9.17) is 9.72 Å². The largest absolute Gasteiger partial charge is 0.475 e. The Morgan fingerprint density at radius 3 is 2.70 bits per heavy atom. The van der Waals surface area contributed by atoms with Crippen LogP contribution in [0.25, 0.3) is 0 Å². The summed E-state index contributed by atoms with van der Waals surface area (Å²) in [6.45, 7) is 9.33. The highest BCUT2D eigenvalue weighted by molar-refractivity contribution is 7.11. The standard InChI is InChI=1S/C25H37N5O2S/c1-17(2)32-24-9-6-20-11-14-30(15-12-22(20)27-24)13-10-19-4-7-21(8-5-19)26-23(31)16-25-29-28-18(3)33-25/h6,9,17,19,21H,4-5,7-8,10-16H2,1-3H3,(H,26,31)/t19-,21-. The maximum absolute atomic E-state index is 12.3. The summed E-state index contributed by atoms with van der Waals surface area (Å²) < 4.78 is 5.78. The maximum Gasteiger partial charge on any atom is 0.227 e. The fraction of sp³-hybridized carbons (Fsp3) is 0.680. The minimum Gasteiger partial charge on any atom is -0.475 e. The molecule has 0 saturated heterocycles. The number of amides is 1. The predicted molar refractivity (Wildman–Crippen MR) is 131 cm³/mol. The zero-order chi connectivity index (χ0) is 23.2. The monoisotopic (exact) mass is 471 g/mol. The second-order valence-electron chi connectivity index (χ2n) is 9.73. The smallest absolute Gasteiger partial charge is 0.227 e. The lowest BCUT2D eigenvalue weighted by molar-refractivity contribution is -0.121. The van der Waals surface area contributed by atoms with Crippen molar-refractivity contribution < 1.29 is 9.53 Å². The van der Waals surface area contributed by atoms with Gasteiger partial charge in [0.05, 0.1) is 12.5 Å². The third kappa shape index (κ3) is 7.21. The highest BCUT2D eigenvalue weighted by Crippen LogP contribution is 2.28. The van der Waals surface area contributed by atoms with Gasteiger partial charge in [0, 0.05) is 37.3 Å². The Bertz CT molecular complexity index is 923. The van der Waals surface area contributed by atoms with Gasteiger partial charge in [-0.2, -0.15) is 0 Å². The van der Waals surface area contributed by atoms with Crippen LogP contribution in [-0.4, -0.2) is 57.8 Å². The molecule has 0 spiro atoms. The SMILES string of the molecule is Cc1nnc(CC(=O)N[C@H]2CC[C@H](CCN3CCc4ccc(OC(C)C)nc4CC3)CC2)s1. The number of nitrogens with zero attached hydrogens (tertiary/aromatic N) is 4. The average molecular weight is 472 g/mol. The first kappa shape index (κ1) is 24.1. The van der Waals surface area contributed by atoms with Crippen molar-refractivity contribution in [2.24, 2.45) is 5.92 Å². The van der Waals surface area contributed by atoms with Crippen LogP contribution in [0.15, 0.2) is 12.1 Å². The van der Waals surface area contributed by atoms with E-state index in [1.54, 1.807) is 0 Å². The zero-order valence-corrected chi connectivity index (χ0v) is 21.0. The van der Waals surface area contributed by atoms with Crippen molar-refractivity contribution in [1.29, 1.82) is 0 Å². The molecule has 1 aliphatic carbocycles. The number of nitrogens with one attached hydrogen (secondary N) is 1. The number of fused-ring (bicyclic) bond motifs is 1. The first-order valence-electron chi connectivity index (χ1n) is 12.4. The molecule has 2 aromatic heterocycles. The highest BCUT2D eigenvalue weighted by Gasteiger charge is 2.24. The predicted octanol–water partition coefficient (Wildman–Crippen LogP) is 3.74. The molecule has 7 nitrogen and oxygen atoms in total. The third-order valence-corrected chi connectivity index (χ3v) is 7.55. The van der Waals surface area contributed by atoms with Gasteiger partial charge in [-0.3, -0.25) is 4.79 Å². The van der Waals surface area contributed by atoms with Crippen LogP contribution in [0.3, 0.4) is 0 Å². The van der Waals surface area contributed by atoms with Crippen molar-refractivity contribution in [3.8, 4) is 5.88 Å². The number of pyridine rings is 1. The number of rotatable bonds is 8. The summed E-state index contributed by atoms with van der Waals surface area (Å²) in [4.78, 5) is 19.7. The van der Waals surface area contributed by atoms with Crippen LogP contribution in [0.2, 0.25) is 0 Å². The molecule has 1 saturated carbocycles. The van der Waals surface area contributed by atoms with Crippen LogP contribution in [-0.2, 0) is 24.1 Å². The van der Waals surface area contributed by atoms with Crippen LogP contribution in [0, 0.1) is 12.8 Å². The van der Waals surface area contributed by atoms with E-state index in [9.17, 15) is 4.79 Å². The summed E-state index contributed by atoms with van der Waals surface area (Å²) in [5.74, 6) is 1.59. The third-order valence-electron chi connectivity index (χ3n) is 6.71. The number of carbonyl (C=O) groups is 1. The molecule has 0 unspecified atom stereocenters. The lowest BCUT2D eigenvalue weighted by atomic mass is 9.84. The lowest BCUT2D eigenvalue weighted by Crippen LogP contribution is -2.39. The number of hydrogen-bond acceptors (Lipinski definition) is 7. The molecule has 33 heavy (non-hydrogen) atoms. The second-order valence-corrected chi connectivity index (χ2v) is 11.0. The van der Waals surface area contributed by atoms with Crippen LogP contribution >= 0.6 is 11.3 Å². The van der Waals surface area contributed by atoms with Crippen LogP contribution in [0.4, 0.5) is 0 Å². The van der Waals surface area contributed by atoms with E-state index in [2.05, 4.69) is 26.5 Å². The first-order chi connectivity index (χ1) is 15.9. The molecule has 0 radical (unpaired) electrons. The Morgan fingerprint density at radius 2 is 1.97 bits per heavy atom. The van der Waals surface area contributed by atoms with Crippen molar-refractivity contribution in [3.63, 3.8) is 0 Å². The molecule has 1 N–H and O–H groups in total. The molecule has 1 fully saturated rings. The van der Waals surface area contributed by atoms with Crippen molar-refractivity contribution in [1.82, 2.24) is 25.4 Å². The molecule has 3 heterocycles. The summed E-state index contributed by atoms with van der Waals surface area (Å²) >= 11 is 1.50. The Kier molecular flexibility index (Phi) is 8.30. The number of ether oxygens (including phenoxy) is 1. The fourth-order valence-electron chi connectivity index (χ4n) is 4.92. The molecule has 2 aromatic rings. The van der Waals surface area contributed by atoms with Gasteiger partial charge < -0.3 is 15.0 Å². The second kappa shape index (κ2) is 11.4. The maximum atomic E-state index is 12.3. The molecule has 0 atom stereocenters. The minimum atomic E-state index is 0.0781. The molecular formula is C25H37N5O2S. The zero-order valence-electron chi connectivity index (χ0n) is 20.2. The number of carbonyl (C=O) groups excluding carboxylic acids is 1. The van der Waals surface area contributed by atoms with Crippen molar-refractivity contribution in [2.75, 3.05) is 19.6 Å². The summed E-state index contributed by atoms with van der Waals surface area (Å²) in [6, 6.07) is 4.52. The molecule has 0 bridgehead atoms. The van der Waals surface area contributed by atoms with Gasteiger partial charge in [0.15, 0.2) is 0 Å². The van der Waals surface area contributed by atoms with E-state index in [1.807, 2.05) is 26.8 Å². The fourth-order valence-corrected chi connectivity index (χ4v) is 5.63. The van der Waals surface area contributed by atoms with Gasteiger partial charge in [-0.05, 0) is 77.3 Å². The molecule has 180 valence electrons. The van der Waals surface area contributed by atoms with E-state index in [-0.39, 0.29) is 12.0 Å². The van der Waals surface area contributed by atoms with Gasteiger partial charge in [0.1, 0.15) is 10.0 Å². The molecule has 8 heteroatoms. The average Bonchev–Trinajstić information content (AvgIpc) is 3.07. The Labute approximate surface area is 201 Å². The number of aryl methyl sites for hydroxylation is 1. The molecule has 1 amide bonds.